The van der Waals surface area contributed by atoms with Crippen molar-refractivity contribution in [1.82, 2.24) is 5.32 Å². The molecule has 4 rings (SSSR count). The monoisotopic (exact) mass is 395 g/mol. The first-order chi connectivity index (χ1) is 13.3. The van der Waals surface area contributed by atoms with Gasteiger partial charge in [-0.2, -0.15) is 0 Å². The van der Waals surface area contributed by atoms with Gasteiger partial charge in [0, 0.05) is 10.6 Å². The highest BCUT2D eigenvalue weighted by atomic mass is 35.5. The molecule has 0 radical (unpaired) electrons. The van der Waals surface area contributed by atoms with Crippen molar-refractivity contribution in [2.75, 3.05) is 13.1 Å². The molecule has 1 heterocycles. The normalized spacial score (nSPS) is 13.7. The van der Waals surface area contributed by atoms with E-state index in [4.69, 9.17) is 16.3 Å². The van der Waals surface area contributed by atoms with Gasteiger partial charge in [-0.1, -0.05) is 48.0 Å². The SMILES string of the molecule is Clc1ccc2c(c1SCc1cccc(Oc3ccccc3)c1)CCNCC2. The van der Waals surface area contributed by atoms with Gasteiger partial charge in [0.1, 0.15) is 11.5 Å². The van der Waals surface area contributed by atoms with Crippen LogP contribution in [0.1, 0.15) is 16.7 Å². The Hall–Kier alpha value is -1.94. The lowest BCUT2D eigenvalue weighted by Gasteiger charge is -2.14. The van der Waals surface area contributed by atoms with Crippen LogP contribution < -0.4 is 10.1 Å². The molecule has 0 saturated carbocycles. The summed E-state index contributed by atoms with van der Waals surface area (Å²) < 4.78 is 5.96. The first-order valence-electron chi connectivity index (χ1n) is 9.25. The van der Waals surface area contributed by atoms with Gasteiger partial charge in [-0.05, 0) is 73.0 Å². The van der Waals surface area contributed by atoms with Gasteiger partial charge in [-0.15, -0.1) is 11.8 Å². The summed E-state index contributed by atoms with van der Waals surface area (Å²) >= 11 is 8.38. The fraction of sp³-hybridized carbons (Fsp3) is 0.217. The molecule has 0 atom stereocenters. The maximum atomic E-state index is 6.55. The summed E-state index contributed by atoms with van der Waals surface area (Å²) in [6.45, 7) is 2.05. The van der Waals surface area contributed by atoms with Crippen molar-refractivity contribution >= 4 is 23.4 Å². The number of nitrogens with one attached hydrogen (secondary N) is 1. The third-order valence-electron chi connectivity index (χ3n) is 4.69. The predicted molar refractivity (Wildman–Crippen MR) is 114 cm³/mol. The zero-order valence-electron chi connectivity index (χ0n) is 15.1. The Morgan fingerprint density at radius 1 is 0.889 bits per heavy atom. The molecule has 1 aliphatic rings. The number of halogens is 1. The molecule has 27 heavy (non-hydrogen) atoms. The average Bonchev–Trinajstić information content (AvgIpc) is 2.94. The summed E-state index contributed by atoms with van der Waals surface area (Å²) in [6, 6.07) is 22.4. The third kappa shape index (κ3) is 4.67. The smallest absolute Gasteiger partial charge is 0.127 e. The number of ether oxygens (including phenoxy) is 1. The highest BCUT2D eigenvalue weighted by molar-refractivity contribution is 7.98. The van der Waals surface area contributed by atoms with Crippen molar-refractivity contribution < 1.29 is 4.74 Å². The van der Waals surface area contributed by atoms with E-state index in [0.29, 0.717) is 0 Å². The van der Waals surface area contributed by atoms with Crippen LogP contribution in [-0.2, 0) is 18.6 Å². The second kappa shape index (κ2) is 8.83. The summed E-state index contributed by atoms with van der Waals surface area (Å²) in [6.07, 6.45) is 2.11. The maximum absolute atomic E-state index is 6.55. The zero-order valence-corrected chi connectivity index (χ0v) is 16.7. The van der Waals surface area contributed by atoms with Crippen LogP contribution in [0.4, 0.5) is 0 Å². The van der Waals surface area contributed by atoms with Gasteiger partial charge >= 0.3 is 0 Å². The number of rotatable bonds is 5. The minimum absolute atomic E-state index is 0.853. The molecule has 0 aromatic heterocycles. The summed E-state index contributed by atoms with van der Waals surface area (Å²) in [5, 5.41) is 4.34. The second-order valence-electron chi connectivity index (χ2n) is 6.62. The fourth-order valence-electron chi connectivity index (χ4n) is 3.34. The molecule has 4 heteroatoms. The van der Waals surface area contributed by atoms with Gasteiger partial charge in [0.15, 0.2) is 0 Å². The topological polar surface area (TPSA) is 21.3 Å². The Labute approximate surface area is 169 Å². The van der Waals surface area contributed by atoms with Crippen LogP contribution in [-0.4, -0.2) is 13.1 Å². The summed E-state index contributed by atoms with van der Waals surface area (Å²) in [7, 11) is 0. The van der Waals surface area contributed by atoms with Crippen LogP contribution >= 0.6 is 23.4 Å². The second-order valence-corrected chi connectivity index (χ2v) is 8.01. The molecule has 0 saturated heterocycles. The van der Waals surface area contributed by atoms with Crippen molar-refractivity contribution in [1.29, 1.82) is 0 Å². The van der Waals surface area contributed by atoms with E-state index in [9.17, 15) is 0 Å². The van der Waals surface area contributed by atoms with Crippen LogP contribution in [0, 0.1) is 0 Å². The van der Waals surface area contributed by atoms with E-state index in [1.54, 1.807) is 0 Å². The fourth-order valence-corrected chi connectivity index (χ4v) is 4.79. The quantitative estimate of drug-likeness (QED) is 0.526. The molecule has 3 aromatic rings. The number of benzene rings is 3. The van der Waals surface area contributed by atoms with Crippen LogP contribution in [0.15, 0.2) is 71.6 Å². The molecule has 1 aliphatic heterocycles. The first kappa shape index (κ1) is 18.4. The Kier molecular flexibility index (Phi) is 6.03. The van der Waals surface area contributed by atoms with Crippen molar-refractivity contribution in [3.63, 3.8) is 0 Å². The van der Waals surface area contributed by atoms with E-state index in [-0.39, 0.29) is 0 Å². The number of hydrogen-bond acceptors (Lipinski definition) is 3. The molecule has 0 spiro atoms. The summed E-state index contributed by atoms with van der Waals surface area (Å²) in [5.41, 5.74) is 4.07. The molecular formula is C23H22ClNOS. The van der Waals surface area contributed by atoms with Gasteiger partial charge in [0.05, 0.1) is 5.02 Å². The number of fused-ring (bicyclic) bond motifs is 1. The first-order valence-corrected chi connectivity index (χ1v) is 10.6. The lowest BCUT2D eigenvalue weighted by Crippen LogP contribution is -2.16. The Morgan fingerprint density at radius 3 is 2.59 bits per heavy atom. The predicted octanol–water partition coefficient (Wildman–Crippen LogP) is 6.11. The number of hydrogen-bond donors (Lipinski definition) is 1. The van der Waals surface area contributed by atoms with Gasteiger partial charge in [-0.25, -0.2) is 0 Å². The standard InChI is InChI=1S/C23H22ClNOS/c24-22-10-9-18-11-13-25-14-12-21(18)23(22)27-16-17-5-4-8-20(15-17)26-19-6-2-1-3-7-19/h1-10,15,25H,11-14,16H2. The molecule has 0 unspecified atom stereocenters. The molecule has 0 aliphatic carbocycles. The van der Waals surface area contributed by atoms with Gasteiger partial charge in [0.2, 0.25) is 0 Å². The highest BCUT2D eigenvalue weighted by Crippen LogP contribution is 2.36. The van der Waals surface area contributed by atoms with E-state index in [0.717, 1.165) is 48.2 Å². The van der Waals surface area contributed by atoms with E-state index in [2.05, 4.69) is 23.5 Å². The van der Waals surface area contributed by atoms with Crippen molar-refractivity contribution in [3.8, 4) is 11.5 Å². The van der Waals surface area contributed by atoms with Gasteiger partial charge < -0.3 is 10.1 Å². The molecule has 0 amide bonds. The summed E-state index contributed by atoms with van der Waals surface area (Å²) in [4.78, 5) is 1.23. The molecule has 2 nitrogen and oxygen atoms in total. The van der Waals surface area contributed by atoms with Gasteiger partial charge in [0.25, 0.3) is 0 Å². The summed E-state index contributed by atoms with van der Waals surface area (Å²) in [5.74, 6) is 2.59. The Bertz CT molecular complexity index is 914. The van der Waals surface area contributed by atoms with Crippen molar-refractivity contribution in [2.24, 2.45) is 0 Å². The zero-order chi connectivity index (χ0) is 18.5. The van der Waals surface area contributed by atoms with E-state index in [1.807, 2.05) is 60.3 Å². The van der Waals surface area contributed by atoms with Crippen molar-refractivity contribution in [3.05, 3.63) is 88.4 Å². The maximum Gasteiger partial charge on any atom is 0.127 e. The van der Waals surface area contributed by atoms with Crippen LogP contribution in [0.3, 0.4) is 0 Å². The Balaban J connectivity index is 1.50. The molecule has 3 aromatic carbocycles. The lowest BCUT2D eigenvalue weighted by atomic mass is 10.0. The van der Waals surface area contributed by atoms with Crippen LogP contribution in [0.25, 0.3) is 0 Å². The molecule has 138 valence electrons. The van der Waals surface area contributed by atoms with Crippen molar-refractivity contribution in [2.45, 2.75) is 23.5 Å². The molecule has 0 bridgehead atoms. The molecule has 0 fully saturated rings. The largest absolute Gasteiger partial charge is 0.457 e. The number of thioether (sulfide) groups is 1. The number of para-hydroxylation sites is 1. The molecular weight excluding hydrogens is 374 g/mol. The molecule has 1 N–H and O–H groups in total. The van der Waals surface area contributed by atoms with E-state index < -0.39 is 0 Å². The van der Waals surface area contributed by atoms with Gasteiger partial charge in [-0.3, -0.25) is 0 Å². The lowest BCUT2D eigenvalue weighted by molar-refractivity contribution is 0.482. The third-order valence-corrected chi connectivity index (χ3v) is 6.35. The van der Waals surface area contributed by atoms with E-state index in [1.165, 1.54) is 21.6 Å². The minimum Gasteiger partial charge on any atom is -0.457 e. The Morgan fingerprint density at radius 2 is 1.70 bits per heavy atom. The van der Waals surface area contributed by atoms with E-state index >= 15 is 0 Å². The average molecular weight is 396 g/mol. The van der Waals surface area contributed by atoms with Crippen LogP contribution in [0.2, 0.25) is 5.02 Å². The van der Waals surface area contributed by atoms with Crippen LogP contribution in [0.5, 0.6) is 11.5 Å². The minimum atomic E-state index is 0.853. The highest BCUT2D eigenvalue weighted by Gasteiger charge is 2.15.